The number of amides is 2. The molecule has 2 fully saturated rings. The molecule has 1 unspecified atom stereocenters. The number of likely N-dealkylation sites (tertiary alicyclic amines) is 1. The summed E-state index contributed by atoms with van der Waals surface area (Å²) in [5.41, 5.74) is 4.48. The third-order valence-corrected chi connectivity index (χ3v) is 8.27. The largest absolute Gasteiger partial charge is 0.490 e. The lowest BCUT2D eigenvalue weighted by molar-refractivity contribution is -0.123. The Bertz CT molecular complexity index is 1330. The molecule has 3 aromatic carbocycles. The van der Waals surface area contributed by atoms with Crippen molar-refractivity contribution >= 4 is 17.5 Å². The molecule has 0 bridgehead atoms. The second-order valence-electron chi connectivity index (χ2n) is 11.0. The van der Waals surface area contributed by atoms with Gasteiger partial charge in [-0.3, -0.25) is 9.59 Å². The number of piperidine rings is 1. The molecule has 5 nitrogen and oxygen atoms in total. The number of ether oxygens (including phenoxy) is 1. The Morgan fingerprint density at radius 2 is 1.62 bits per heavy atom. The highest BCUT2D eigenvalue weighted by Crippen LogP contribution is 2.39. The maximum atomic E-state index is 14.9. The van der Waals surface area contributed by atoms with Gasteiger partial charge in [0.15, 0.2) is 0 Å². The number of anilines is 1. The van der Waals surface area contributed by atoms with Gasteiger partial charge in [-0.2, -0.15) is 0 Å². The van der Waals surface area contributed by atoms with E-state index in [0.717, 1.165) is 41.0 Å². The fourth-order valence-electron chi connectivity index (χ4n) is 5.95. The average molecular weight is 529 g/mol. The second-order valence-corrected chi connectivity index (χ2v) is 11.0. The number of benzene rings is 3. The van der Waals surface area contributed by atoms with Gasteiger partial charge in [-0.05, 0) is 112 Å². The molecule has 1 saturated heterocycles. The summed E-state index contributed by atoms with van der Waals surface area (Å²) in [5.74, 6) is -0.762. The van der Waals surface area contributed by atoms with E-state index in [4.69, 9.17) is 4.74 Å². The summed E-state index contributed by atoms with van der Waals surface area (Å²) in [6.45, 7) is 6.24. The SMILES string of the molecule is Cc1ccc(NC(=O)C2CCCN(C(=O)c3c(C)cccc3F)[C@H]2c2ccc(OC3CCCC3)cc2)cc1C. The van der Waals surface area contributed by atoms with Crippen molar-refractivity contribution in [2.24, 2.45) is 5.92 Å². The van der Waals surface area contributed by atoms with Gasteiger partial charge >= 0.3 is 0 Å². The third-order valence-electron chi connectivity index (χ3n) is 8.27. The van der Waals surface area contributed by atoms with Crippen molar-refractivity contribution in [3.8, 4) is 5.75 Å². The molecule has 1 aliphatic carbocycles. The quantitative estimate of drug-likeness (QED) is 0.365. The lowest BCUT2D eigenvalue weighted by Crippen LogP contribution is -2.46. The fraction of sp³-hybridized carbons (Fsp3) is 0.394. The number of halogens is 1. The predicted octanol–water partition coefficient (Wildman–Crippen LogP) is 7.30. The van der Waals surface area contributed by atoms with Gasteiger partial charge in [0.25, 0.3) is 5.91 Å². The monoisotopic (exact) mass is 528 g/mol. The summed E-state index contributed by atoms with van der Waals surface area (Å²) in [6, 6.07) is 17.8. The van der Waals surface area contributed by atoms with Gasteiger partial charge < -0.3 is 15.0 Å². The lowest BCUT2D eigenvalue weighted by atomic mass is 9.83. The van der Waals surface area contributed by atoms with Gasteiger partial charge in [0.05, 0.1) is 23.6 Å². The van der Waals surface area contributed by atoms with Crippen LogP contribution in [0.4, 0.5) is 10.1 Å². The minimum Gasteiger partial charge on any atom is -0.490 e. The summed E-state index contributed by atoms with van der Waals surface area (Å²) in [7, 11) is 0. The number of carbonyl (C=O) groups excluding carboxylic acids is 2. The molecule has 6 heteroatoms. The molecular formula is C33H37FN2O3. The van der Waals surface area contributed by atoms with Gasteiger partial charge in [-0.1, -0.05) is 30.3 Å². The summed E-state index contributed by atoms with van der Waals surface area (Å²) >= 11 is 0. The maximum Gasteiger partial charge on any atom is 0.257 e. The molecule has 39 heavy (non-hydrogen) atoms. The number of carbonyl (C=O) groups is 2. The molecule has 5 rings (SSSR count). The van der Waals surface area contributed by atoms with Crippen LogP contribution in [0.5, 0.6) is 5.75 Å². The molecule has 1 saturated carbocycles. The van der Waals surface area contributed by atoms with Crippen LogP contribution < -0.4 is 10.1 Å². The number of nitrogens with one attached hydrogen (secondary N) is 1. The third kappa shape index (κ3) is 5.85. The van der Waals surface area contributed by atoms with E-state index in [0.29, 0.717) is 24.9 Å². The number of hydrogen-bond donors (Lipinski definition) is 1. The highest BCUT2D eigenvalue weighted by molar-refractivity contribution is 5.98. The summed E-state index contributed by atoms with van der Waals surface area (Å²) in [6.07, 6.45) is 6.03. The number of hydrogen-bond acceptors (Lipinski definition) is 3. The van der Waals surface area contributed by atoms with Gasteiger partial charge in [-0.15, -0.1) is 0 Å². The van der Waals surface area contributed by atoms with Crippen LogP contribution in [-0.2, 0) is 4.79 Å². The Morgan fingerprint density at radius 3 is 2.31 bits per heavy atom. The zero-order chi connectivity index (χ0) is 27.5. The van der Waals surface area contributed by atoms with Crippen molar-refractivity contribution in [3.05, 3.63) is 94.3 Å². The van der Waals surface area contributed by atoms with Crippen molar-refractivity contribution in [2.45, 2.75) is 71.4 Å². The van der Waals surface area contributed by atoms with Crippen LogP contribution in [0.1, 0.15) is 77.2 Å². The number of nitrogens with zero attached hydrogens (tertiary/aromatic N) is 1. The molecular weight excluding hydrogens is 491 g/mol. The lowest BCUT2D eigenvalue weighted by Gasteiger charge is -2.41. The topological polar surface area (TPSA) is 58.6 Å². The molecule has 0 spiro atoms. The van der Waals surface area contributed by atoms with Crippen LogP contribution in [0, 0.1) is 32.5 Å². The molecule has 1 heterocycles. The predicted molar refractivity (Wildman–Crippen MR) is 152 cm³/mol. The minimum absolute atomic E-state index is 0.0684. The molecule has 1 aliphatic heterocycles. The first kappa shape index (κ1) is 26.9. The van der Waals surface area contributed by atoms with E-state index >= 15 is 0 Å². The van der Waals surface area contributed by atoms with Gasteiger partial charge in [0.2, 0.25) is 5.91 Å². The summed E-state index contributed by atoms with van der Waals surface area (Å²) < 4.78 is 21.1. The van der Waals surface area contributed by atoms with E-state index in [-0.39, 0.29) is 23.5 Å². The second kappa shape index (κ2) is 11.6. The average Bonchev–Trinajstić information content (AvgIpc) is 3.44. The normalized spacial score (nSPS) is 19.6. The van der Waals surface area contributed by atoms with Gasteiger partial charge in [-0.25, -0.2) is 4.39 Å². The smallest absolute Gasteiger partial charge is 0.257 e. The van der Waals surface area contributed by atoms with Gasteiger partial charge in [0, 0.05) is 12.2 Å². The van der Waals surface area contributed by atoms with E-state index in [1.165, 1.54) is 18.9 Å². The molecule has 2 amide bonds. The molecule has 0 aromatic heterocycles. The Labute approximate surface area is 230 Å². The Balaban J connectivity index is 1.47. The fourth-order valence-corrected chi connectivity index (χ4v) is 5.95. The maximum absolute atomic E-state index is 14.9. The van der Waals surface area contributed by atoms with Crippen molar-refractivity contribution in [2.75, 3.05) is 11.9 Å². The van der Waals surface area contributed by atoms with Crippen LogP contribution in [0.3, 0.4) is 0 Å². The Kier molecular flexibility index (Phi) is 8.01. The molecule has 0 radical (unpaired) electrons. The van der Waals surface area contributed by atoms with E-state index in [9.17, 15) is 14.0 Å². The van der Waals surface area contributed by atoms with Crippen molar-refractivity contribution < 1.29 is 18.7 Å². The molecule has 2 atom stereocenters. The van der Waals surface area contributed by atoms with E-state index in [1.54, 1.807) is 24.0 Å². The van der Waals surface area contributed by atoms with Crippen LogP contribution >= 0.6 is 0 Å². The standard InChI is InChI=1S/C33H37FN2O3/c1-21-13-16-25(20-23(21)3)35-32(37)28-11-7-19-36(33(38)30-22(2)8-6-12-29(30)34)31(28)24-14-17-27(18-15-24)39-26-9-4-5-10-26/h6,8,12-18,20,26,28,31H,4-5,7,9-11,19H2,1-3H3,(H,35,37)/t28?,31-/m0/s1. The van der Waals surface area contributed by atoms with Crippen LogP contribution in [0.15, 0.2) is 60.7 Å². The van der Waals surface area contributed by atoms with Crippen LogP contribution in [-0.4, -0.2) is 29.4 Å². The summed E-state index contributed by atoms with van der Waals surface area (Å²) in [4.78, 5) is 29.3. The Hall–Kier alpha value is -3.67. The highest BCUT2D eigenvalue weighted by atomic mass is 19.1. The molecule has 1 N–H and O–H groups in total. The number of rotatable bonds is 6. The van der Waals surface area contributed by atoms with Crippen LogP contribution in [0.25, 0.3) is 0 Å². The first-order chi connectivity index (χ1) is 18.8. The minimum atomic E-state index is -0.541. The van der Waals surface area contributed by atoms with Crippen LogP contribution in [0.2, 0.25) is 0 Å². The zero-order valence-corrected chi connectivity index (χ0v) is 23.0. The summed E-state index contributed by atoms with van der Waals surface area (Å²) in [5, 5.41) is 3.09. The molecule has 3 aromatic rings. The highest BCUT2D eigenvalue weighted by Gasteiger charge is 2.40. The first-order valence-corrected chi connectivity index (χ1v) is 14.0. The van der Waals surface area contributed by atoms with E-state index in [2.05, 4.69) is 5.32 Å². The van der Waals surface area contributed by atoms with Crippen molar-refractivity contribution in [1.82, 2.24) is 4.90 Å². The van der Waals surface area contributed by atoms with E-state index < -0.39 is 17.8 Å². The Morgan fingerprint density at radius 1 is 0.872 bits per heavy atom. The van der Waals surface area contributed by atoms with Crippen molar-refractivity contribution in [1.29, 1.82) is 0 Å². The number of aryl methyl sites for hydroxylation is 3. The van der Waals surface area contributed by atoms with E-state index in [1.807, 2.05) is 56.3 Å². The first-order valence-electron chi connectivity index (χ1n) is 14.0. The van der Waals surface area contributed by atoms with Crippen molar-refractivity contribution in [3.63, 3.8) is 0 Å². The molecule has 204 valence electrons. The molecule has 2 aliphatic rings. The van der Waals surface area contributed by atoms with Gasteiger partial charge in [0.1, 0.15) is 11.6 Å². The zero-order valence-electron chi connectivity index (χ0n) is 23.0.